The topological polar surface area (TPSA) is 95.2 Å². The van der Waals surface area contributed by atoms with Crippen LogP contribution < -0.4 is 0 Å². The number of rotatable bonds is 24. The Hall–Kier alpha value is -6.28. The molecule has 0 amide bonds. The highest BCUT2D eigenvalue weighted by Gasteiger charge is 2.46. The van der Waals surface area contributed by atoms with E-state index in [1.807, 2.05) is 0 Å². The molecule has 0 saturated heterocycles. The minimum Gasteiger partial charge on any atom is -0.192 e. The lowest BCUT2D eigenvalue weighted by Gasteiger charge is -2.33. The minimum atomic E-state index is -0.275. The molecule has 0 unspecified atom stereocenters. The number of hydrogen-bond donors (Lipinski definition) is 0. The number of hydrogen-bond acceptors (Lipinski definition) is 6. The smallest absolute Gasteiger partial charge is 0.138 e. The maximum absolute atomic E-state index is 10.6. The molecule has 0 spiro atoms. The molecule has 2 heterocycles. The van der Waals surface area contributed by atoms with Crippen LogP contribution in [0.5, 0.6) is 0 Å². The second kappa shape index (κ2) is 23.3. The van der Waals surface area contributed by atoms with E-state index in [1.54, 1.807) is 22.7 Å². The minimum absolute atomic E-state index is 0.123. The molecule has 358 valence electrons. The van der Waals surface area contributed by atoms with Gasteiger partial charge in [0.25, 0.3) is 0 Å². The third kappa shape index (κ3) is 10.0. The van der Waals surface area contributed by atoms with Crippen LogP contribution in [0.1, 0.15) is 188 Å². The van der Waals surface area contributed by atoms with E-state index in [4.69, 9.17) is 0 Å². The van der Waals surface area contributed by atoms with E-state index >= 15 is 0 Å². The van der Waals surface area contributed by atoms with E-state index in [0.29, 0.717) is 11.1 Å². The molecule has 0 saturated carbocycles. The van der Waals surface area contributed by atoms with Crippen LogP contribution in [-0.2, 0) is 5.41 Å². The first kappa shape index (κ1) is 49.7. The zero-order valence-electron chi connectivity index (χ0n) is 41.9. The van der Waals surface area contributed by atoms with Crippen LogP contribution in [0.3, 0.4) is 0 Å². The Bertz CT molecular complexity index is 2870. The monoisotopic (exact) mass is 966 g/mol. The van der Waals surface area contributed by atoms with Gasteiger partial charge in [-0.25, -0.2) is 0 Å². The van der Waals surface area contributed by atoms with E-state index < -0.39 is 0 Å². The molecular weight excluding hydrogens is 901 g/mol. The number of thiophene rings is 2. The molecule has 0 bridgehead atoms. The van der Waals surface area contributed by atoms with Crippen LogP contribution in [0.2, 0.25) is 0 Å². The largest absolute Gasteiger partial charge is 0.192 e. The zero-order chi connectivity index (χ0) is 49.2. The summed E-state index contributed by atoms with van der Waals surface area (Å²) in [5, 5.41) is 46.5. The zero-order valence-corrected chi connectivity index (χ0v) is 43.5. The summed E-state index contributed by atoms with van der Waals surface area (Å²) in [6.07, 6.45) is 27.7. The maximum atomic E-state index is 10.6. The fourth-order valence-corrected chi connectivity index (χ4v) is 13.6. The van der Waals surface area contributed by atoms with Crippen molar-refractivity contribution in [3.63, 3.8) is 0 Å². The van der Waals surface area contributed by atoms with Crippen molar-refractivity contribution in [3.05, 3.63) is 140 Å². The van der Waals surface area contributed by atoms with Gasteiger partial charge in [0.1, 0.15) is 35.4 Å². The van der Waals surface area contributed by atoms with E-state index in [0.717, 1.165) is 102 Å². The van der Waals surface area contributed by atoms with Crippen molar-refractivity contribution in [2.45, 2.75) is 161 Å². The summed E-state index contributed by atoms with van der Waals surface area (Å²) in [6, 6.07) is 40.3. The predicted molar refractivity (Wildman–Crippen MR) is 298 cm³/mol. The first-order valence-corrected chi connectivity index (χ1v) is 28.6. The first-order chi connectivity index (χ1) is 35.0. The molecule has 71 heavy (non-hydrogen) atoms. The maximum Gasteiger partial charge on any atom is 0.138 e. The molecule has 3 aliphatic rings. The predicted octanol–water partition coefficient (Wildman–Crippen LogP) is 19.7. The van der Waals surface area contributed by atoms with E-state index in [1.165, 1.54) is 127 Å². The quantitative estimate of drug-likeness (QED) is 0.0445. The van der Waals surface area contributed by atoms with Gasteiger partial charge < -0.3 is 0 Å². The second-order valence-electron chi connectivity index (χ2n) is 20.3. The van der Waals surface area contributed by atoms with Gasteiger partial charge in [0.05, 0.1) is 0 Å². The highest BCUT2D eigenvalue weighted by Crippen LogP contribution is 2.61. The molecule has 0 radical (unpaired) electrons. The molecule has 0 aliphatic heterocycles. The van der Waals surface area contributed by atoms with Gasteiger partial charge in [-0.2, -0.15) is 21.0 Å². The van der Waals surface area contributed by atoms with Crippen molar-refractivity contribution in [1.82, 2.24) is 0 Å². The first-order valence-electron chi connectivity index (χ1n) is 26.8. The van der Waals surface area contributed by atoms with Crippen molar-refractivity contribution in [2.75, 3.05) is 0 Å². The van der Waals surface area contributed by atoms with Crippen molar-refractivity contribution < 1.29 is 0 Å². The highest BCUT2D eigenvalue weighted by atomic mass is 32.1. The summed E-state index contributed by atoms with van der Waals surface area (Å²) < 4.78 is 0. The summed E-state index contributed by atoms with van der Waals surface area (Å²) >= 11 is 3.38. The van der Waals surface area contributed by atoms with Crippen LogP contribution in [0.15, 0.2) is 107 Å². The fraction of sp³-hybridized carbons (Fsp3) is 0.385. The molecule has 6 heteroatoms. The molecule has 4 aromatic carbocycles. The molecular formula is C65H66N4S2. The molecule has 0 N–H and O–H groups in total. The number of nitrogens with zero attached hydrogens (tertiary/aromatic N) is 4. The third-order valence-electron chi connectivity index (χ3n) is 15.8. The molecule has 3 aliphatic carbocycles. The van der Waals surface area contributed by atoms with Gasteiger partial charge in [0, 0.05) is 26.3 Å². The Morgan fingerprint density at radius 2 is 0.732 bits per heavy atom. The van der Waals surface area contributed by atoms with Crippen LogP contribution >= 0.6 is 22.7 Å². The Morgan fingerprint density at radius 3 is 1.07 bits per heavy atom. The normalized spacial score (nSPS) is 13.0. The van der Waals surface area contributed by atoms with Crippen LogP contribution in [0.25, 0.3) is 65.4 Å². The van der Waals surface area contributed by atoms with Gasteiger partial charge in [-0.15, -0.1) is 22.7 Å². The van der Waals surface area contributed by atoms with Crippen molar-refractivity contribution in [1.29, 1.82) is 21.0 Å². The lowest BCUT2D eigenvalue weighted by Crippen LogP contribution is -2.26. The lowest BCUT2D eigenvalue weighted by molar-refractivity contribution is 0.397. The van der Waals surface area contributed by atoms with E-state index in [2.05, 4.69) is 134 Å². The van der Waals surface area contributed by atoms with Crippen molar-refractivity contribution >= 4 is 33.8 Å². The summed E-state index contributed by atoms with van der Waals surface area (Å²) in [4.78, 5) is 2.30. The molecule has 4 nitrogen and oxygen atoms in total. The van der Waals surface area contributed by atoms with E-state index in [-0.39, 0.29) is 16.6 Å². The van der Waals surface area contributed by atoms with Crippen molar-refractivity contribution in [3.8, 4) is 78.5 Å². The average Bonchev–Trinajstić information content (AvgIpc) is 4.26. The number of allylic oxidation sites excluding steroid dienone is 2. The van der Waals surface area contributed by atoms with Gasteiger partial charge in [-0.05, 0) is 150 Å². The SMILES string of the molecule is CCCCCCCCCCCCC1(CCCCCCCCCCCC)c2cc3c(cc2-c2cc4c(cc21)-c1ccc(-c2cccs2)cc1C4=C(C#N)C#N)C(=C(C#N)C#N)c1cc(-c2cccs2)ccc1-3. The Labute approximate surface area is 431 Å². The van der Waals surface area contributed by atoms with Gasteiger partial charge in [-0.3, -0.25) is 0 Å². The van der Waals surface area contributed by atoms with Crippen molar-refractivity contribution in [2.24, 2.45) is 0 Å². The highest BCUT2D eigenvalue weighted by molar-refractivity contribution is 7.13. The van der Waals surface area contributed by atoms with Gasteiger partial charge >= 0.3 is 0 Å². The number of benzene rings is 4. The standard InChI is InChI=1S/C65H66N4S2/c1-3-5-7-9-11-13-15-17-19-21-31-65(32-22-20-18-16-14-12-10-8-6-4-2)59-39-51-49-29-27-45(61-25-23-33-70-61)35-55(49)63(47(41-66)42-67)57(51)37-53(59)54-38-58-52(40-60(54)65)50-30-28-46(62-26-24-34-71-62)36-56(50)64(58)48(43-68)44-69/h23-30,33-40H,3-22,31-32H2,1-2H3. The molecule has 9 rings (SSSR count). The van der Waals surface area contributed by atoms with Gasteiger partial charge in [-0.1, -0.05) is 179 Å². The Morgan fingerprint density at radius 1 is 0.380 bits per heavy atom. The number of nitriles is 4. The molecule has 2 aromatic heterocycles. The third-order valence-corrected chi connectivity index (χ3v) is 17.6. The van der Waals surface area contributed by atoms with Gasteiger partial charge in [0.15, 0.2) is 0 Å². The van der Waals surface area contributed by atoms with Gasteiger partial charge in [0.2, 0.25) is 0 Å². The summed E-state index contributed by atoms with van der Waals surface area (Å²) in [5.41, 5.74) is 16.5. The fourth-order valence-electron chi connectivity index (χ4n) is 12.2. The Balaban J connectivity index is 1.18. The summed E-state index contributed by atoms with van der Waals surface area (Å²) in [6.45, 7) is 4.57. The van der Waals surface area contributed by atoms with Crippen LogP contribution in [0, 0.1) is 45.3 Å². The molecule has 0 fully saturated rings. The summed E-state index contributed by atoms with van der Waals surface area (Å²) in [5.74, 6) is 0. The Kier molecular flexibility index (Phi) is 16.3. The molecule has 0 atom stereocenters. The average molecular weight is 967 g/mol. The molecule has 6 aromatic rings. The summed E-state index contributed by atoms with van der Waals surface area (Å²) in [7, 11) is 0. The van der Waals surface area contributed by atoms with Crippen LogP contribution in [-0.4, -0.2) is 0 Å². The number of fused-ring (bicyclic) bond motifs is 9. The van der Waals surface area contributed by atoms with Crippen LogP contribution in [0.4, 0.5) is 0 Å². The lowest BCUT2D eigenvalue weighted by atomic mass is 9.69. The van der Waals surface area contributed by atoms with E-state index in [9.17, 15) is 21.0 Å². The number of unbranched alkanes of at least 4 members (excludes halogenated alkanes) is 18. The second-order valence-corrected chi connectivity index (χ2v) is 22.2.